The molecule has 6 heteroatoms. The fourth-order valence-corrected chi connectivity index (χ4v) is 1.71. The highest BCUT2D eigenvalue weighted by Crippen LogP contribution is 2.27. The second kappa shape index (κ2) is 3.73. The maximum atomic E-state index is 9.59. The Morgan fingerprint density at radius 2 is 1.79 bits per heavy atom. The molecule has 3 N–H and O–H groups in total. The Morgan fingerprint density at radius 3 is 2.50 bits per heavy atom. The van der Waals surface area contributed by atoms with Crippen molar-refractivity contribution in [3.8, 4) is 0 Å². The summed E-state index contributed by atoms with van der Waals surface area (Å²) in [4.78, 5) is 0. The Labute approximate surface area is 81.0 Å². The molecule has 0 amide bonds. The summed E-state index contributed by atoms with van der Waals surface area (Å²) in [5.74, 6) is 0. The largest absolute Gasteiger partial charge is 0.387 e. The van der Waals surface area contributed by atoms with E-state index in [9.17, 15) is 15.3 Å². The van der Waals surface area contributed by atoms with E-state index in [1.807, 2.05) is 0 Å². The van der Waals surface area contributed by atoms with Gasteiger partial charge < -0.3 is 29.5 Å². The molecule has 2 heterocycles. The van der Waals surface area contributed by atoms with E-state index in [-0.39, 0.29) is 6.61 Å². The third-order valence-electron chi connectivity index (χ3n) is 2.50. The average molecular weight is 206 g/mol. The molecule has 82 valence electrons. The van der Waals surface area contributed by atoms with Crippen LogP contribution in [0.3, 0.4) is 0 Å². The lowest BCUT2D eigenvalue weighted by Gasteiger charge is -2.44. The molecule has 6 atom stereocenters. The van der Waals surface area contributed by atoms with Crippen molar-refractivity contribution in [2.75, 3.05) is 6.61 Å². The van der Waals surface area contributed by atoms with E-state index in [2.05, 4.69) is 0 Å². The Balaban J connectivity index is 2.08. The van der Waals surface area contributed by atoms with Crippen LogP contribution in [0.15, 0.2) is 0 Å². The molecule has 14 heavy (non-hydrogen) atoms. The van der Waals surface area contributed by atoms with Gasteiger partial charge in [0.25, 0.3) is 0 Å². The van der Waals surface area contributed by atoms with Gasteiger partial charge in [0.2, 0.25) is 0 Å². The van der Waals surface area contributed by atoms with Gasteiger partial charge in [0.15, 0.2) is 12.6 Å². The molecule has 2 aliphatic heterocycles. The summed E-state index contributed by atoms with van der Waals surface area (Å²) in [5, 5.41) is 28.1. The van der Waals surface area contributed by atoms with Gasteiger partial charge in [-0.15, -0.1) is 0 Å². The normalized spacial score (nSPS) is 54.0. The number of ether oxygens (including phenoxy) is 3. The van der Waals surface area contributed by atoms with Crippen LogP contribution in [0.25, 0.3) is 0 Å². The molecule has 0 saturated carbocycles. The van der Waals surface area contributed by atoms with Crippen LogP contribution in [0.5, 0.6) is 0 Å². The summed E-state index contributed by atoms with van der Waals surface area (Å²) in [6, 6.07) is 0. The molecule has 0 radical (unpaired) electrons. The maximum absolute atomic E-state index is 9.59. The van der Waals surface area contributed by atoms with Crippen molar-refractivity contribution in [2.45, 2.75) is 43.9 Å². The maximum Gasteiger partial charge on any atom is 0.184 e. The minimum absolute atomic E-state index is 0.243. The van der Waals surface area contributed by atoms with Crippen LogP contribution in [0.4, 0.5) is 0 Å². The van der Waals surface area contributed by atoms with E-state index >= 15 is 0 Å². The zero-order valence-corrected chi connectivity index (χ0v) is 7.74. The third kappa shape index (κ3) is 1.65. The number of rotatable bonds is 0. The van der Waals surface area contributed by atoms with Gasteiger partial charge in [-0.25, -0.2) is 0 Å². The summed E-state index contributed by atoms with van der Waals surface area (Å²) >= 11 is 0. The number of aliphatic hydroxyl groups is 3. The van der Waals surface area contributed by atoms with Crippen molar-refractivity contribution in [1.82, 2.24) is 0 Å². The first-order valence-corrected chi connectivity index (χ1v) is 4.56. The van der Waals surface area contributed by atoms with Crippen molar-refractivity contribution in [2.24, 2.45) is 0 Å². The van der Waals surface area contributed by atoms with Gasteiger partial charge in [0.05, 0.1) is 6.61 Å². The summed E-state index contributed by atoms with van der Waals surface area (Å²) < 4.78 is 15.4. The van der Waals surface area contributed by atoms with Gasteiger partial charge in [-0.3, -0.25) is 0 Å². The summed E-state index contributed by atoms with van der Waals surface area (Å²) in [7, 11) is 0. The van der Waals surface area contributed by atoms with Gasteiger partial charge in [0, 0.05) is 0 Å². The lowest BCUT2D eigenvalue weighted by atomic mass is 9.98. The molecule has 2 fully saturated rings. The van der Waals surface area contributed by atoms with Gasteiger partial charge in [-0.1, -0.05) is 0 Å². The standard InChI is InChI=1S/C8H14O6/c1-3-12-2-4-7(13-3)5(9)6(10)8(11)14-4/h3-11H,2H2,1H3/t3?,4-,5-,6-,7-,8+/m1/s1. The fraction of sp³-hybridized carbons (Fsp3) is 1.00. The molecule has 0 aromatic heterocycles. The van der Waals surface area contributed by atoms with Crippen LogP contribution in [-0.4, -0.2) is 58.9 Å². The zero-order valence-electron chi connectivity index (χ0n) is 7.74. The Morgan fingerprint density at radius 1 is 1.07 bits per heavy atom. The lowest BCUT2D eigenvalue weighted by molar-refractivity contribution is -0.348. The molecule has 0 aromatic rings. The van der Waals surface area contributed by atoms with Crippen molar-refractivity contribution in [3.63, 3.8) is 0 Å². The van der Waals surface area contributed by atoms with E-state index < -0.39 is 37.0 Å². The average Bonchev–Trinajstić information content (AvgIpc) is 2.16. The molecule has 2 rings (SSSR count). The van der Waals surface area contributed by atoms with E-state index in [0.717, 1.165) is 0 Å². The third-order valence-corrected chi connectivity index (χ3v) is 2.50. The SMILES string of the molecule is CC1OC[C@H]2O[C@H](O)[C@H](O)[C@@H](O)[C@@H]2O1. The first-order chi connectivity index (χ1) is 6.59. The van der Waals surface area contributed by atoms with Gasteiger partial charge in [0.1, 0.15) is 24.4 Å². The van der Waals surface area contributed by atoms with Crippen LogP contribution in [0, 0.1) is 0 Å². The molecule has 0 bridgehead atoms. The number of fused-ring (bicyclic) bond motifs is 1. The van der Waals surface area contributed by atoms with Gasteiger partial charge >= 0.3 is 0 Å². The number of hydrogen-bond donors (Lipinski definition) is 3. The van der Waals surface area contributed by atoms with Crippen LogP contribution in [0.2, 0.25) is 0 Å². The summed E-state index contributed by atoms with van der Waals surface area (Å²) in [6.07, 6.45) is -5.46. The van der Waals surface area contributed by atoms with Crippen molar-refractivity contribution in [1.29, 1.82) is 0 Å². The molecule has 2 aliphatic rings. The fourth-order valence-electron chi connectivity index (χ4n) is 1.71. The first kappa shape index (κ1) is 10.3. The quantitative estimate of drug-likeness (QED) is 0.433. The first-order valence-electron chi connectivity index (χ1n) is 4.56. The predicted molar refractivity (Wildman–Crippen MR) is 43.2 cm³/mol. The molecule has 0 spiro atoms. The minimum Gasteiger partial charge on any atom is -0.387 e. The molecule has 0 aromatic carbocycles. The van der Waals surface area contributed by atoms with Crippen molar-refractivity contribution >= 4 is 0 Å². The highest BCUT2D eigenvalue weighted by molar-refractivity contribution is 4.91. The van der Waals surface area contributed by atoms with Crippen LogP contribution >= 0.6 is 0 Å². The van der Waals surface area contributed by atoms with Crippen LogP contribution < -0.4 is 0 Å². The summed E-state index contributed by atoms with van der Waals surface area (Å²) in [5.41, 5.74) is 0. The lowest BCUT2D eigenvalue weighted by Crippen LogP contribution is -2.62. The van der Waals surface area contributed by atoms with Gasteiger partial charge in [-0.2, -0.15) is 0 Å². The summed E-state index contributed by atoms with van der Waals surface area (Å²) in [6.45, 7) is 1.94. The predicted octanol–water partition coefficient (Wildman–Crippen LogP) is -1.81. The van der Waals surface area contributed by atoms with Crippen LogP contribution in [-0.2, 0) is 14.2 Å². The highest BCUT2D eigenvalue weighted by atomic mass is 16.7. The second-order valence-electron chi connectivity index (χ2n) is 3.55. The van der Waals surface area contributed by atoms with E-state index in [4.69, 9.17) is 14.2 Å². The molecular formula is C8H14O6. The van der Waals surface area contributed by atoms with E-state index in [1.165, 1.54) is 0 Å². The van der Waals surface area contributed by atoms with Gasteiger partial charge in [-0.05, 0) is 6.92 Å². The zero-order chi connectivity index (χ0) is 10.3. The Hall–Kier alpha value is -0.240. The smallest absolute Gasteiger partial charge is 0.184 e. The second-order valence-corrected chi connectivity index (χ2v) is 3.55. The number of aliphatic hydroxyl groups excluding tert-OH is 3. The molecule has 0 aliphatic carbocycles. The topological polar surface area (TPSA) is 88.4 Å². The molecular weight excluding hydrogens is 192 g/mol. The monoisotopic (exact) mass is 206 g/mol. The Kier molecular flexibility index (Phi) is 2.74. The highest BCUT2D eigenvalue weighted by Gasteiger charge is 2.47. The molecule has 6 nitrogen and oxygen atoms in total. The van der Waals surface area contributed by atoms with E-state index in [0.29, 0.717) is 0 Å². The molecule has 1 unspecified atom stereocenters. The minimum atomic E-state index is -1.38. The van der Waals surface area contributed by atoms with Crippen molar-refractivity contribution < 1.29 is 29.5 Å². The van der Waals surface area contributed by atoms with E-state index in [1.54, 1.807) is 6.92 Å². The Bertz CT molecular complexity index is 208. The molecule has 2 saturated heterocycles. The van der Waals surface area contributed by atoms with Crippen molar-refractivity contribution in [3.05, 3.63) is 0 Å². The van der Waals surface area contributed by atoms with Crippen LogP contribution in [0.1, 0.15) is 6.92 Å². The number of hydrogen-bond acceptors (Lipinski definition) is 6.